The van der Waals surface area contributed by atoms with Crippen molar-refractivity contribution in [1.82, 2.24) is 15.5 Å². The highest BCUT2D eigenvalue weighted by Crippen LogP contribution is 2.24. The van der Waals surface area contributed by atoms with Crippen LogP contribution in [0.2, 0.25) is 0 Å². The van der Waals surface area contributed by atoms with Crippen LogP contribution in [0.4, 0.5) is 27.6 Å². The standard InChI is InChI=1S/C18H26F5N5.HI/c1-24-17(25-7-3-8-27(2)12-18(21,22)23)26-14-6-9-28(11-14)16-5-4-13(19)10-15(16)20;/h4-5,10,14H,3,6-9,11-12H2,1-2H3,(H2,24,25,26);1H. The van der Waals surface area contributed by atoms with Crippen LogP contribution < -0.4 is 15.5 Å². The van der Waals surface area contributed by atoms with Crippen molar-refractivity contribution in [2.24, 2.45) is 4.99 Å². The van der Waals surface area contributed by atoms with E-state index in [1.165, 1.54) is 24.1 Å². The Labute approximate surface area is 184 Å². The molecular weight excluding hydrogens is 508 g/mol. The van der Waals surface area contributed by atoms with E-state index >= 15 is 0 Å². The van der Waals surface area contributed by atoms with E-state index in [1.54, 1.807) is 7.05 Å². The monoisotopic (exact) mass is 535 g/mol. The molecule has 0 bridgehead atoms. The number of hydrogen-bond donors (Lipinski definition) is 2. The van der Waals surface area contributed by atoms with Gasteiger partial charge in [0.2, 0.25) is 0 Å². The molecule has 1 aromatic carbocycles. The fourth-order valence-electron chi connectivity index (χ4n) is 3.16. The van der Waals surface area contributed by atoms with Crippen LogP contribution in [0.15, 0.2) is 23.2 Å². The number of hydrogen-bond acceptors (Lipinski definition) is 3. The fraction of sp³-hybridized carbons (Fsp3) is 0.611. The van der Waals surface area contributed by atoms with Crippen molar-refractivity contribution in [2.75, 3.05) is 51.7 Å². The molecule has 1 aromatic rings. The molecule has 1 heterocycles. The molecule has 1 aliphatic rings. The first kappa shape index (κ1) is 25.7. The first-order chi connectivity index (χ1) is 13.2. The lowest BCUT2D eigenvalue weighted by atomic mass is 10.2. The molecule has 1 atom stereocenters. The Hall–Kier alpha value is -1.37. The Balaban J connectivity index is 0.00000420. The molecule has 1 unspecified atom stereocenters. The van der Waals surface area contributed by atoms with Gasteiger partial charge in [-0.15, -0.1) is 24.0 Å². The van der Waals surface area contributed by atoms with Gasteiger partial charge in [0, 0.05) is 38.8 Å². The Morgan fingerprint density at radius 2 is 2.03 bits per heavy atom. The molecule has 0 radical (unpaired) electrons. The van der Waals surface area contributed by atoms with Crippen LogP contribution in [-0.2, 0) is 0 Å². The first-order valence-corrected chi connectivity index (χ1v) is 9.10. The Morgan fingerprint density at radius 1 is 1.31 bits per heavy atom. The largest absolute Gasteiger partial charge is 0.401 e. The molecule has 2 N–H and O–H groups in total. The summed E-state index contributed by atoms with van der Waals surface area (Å²) in [5.74, 6) is -0.656. The zero-order valence-corrected chi connectivity index (χ0v) is 18.7. The second kappa shape index (κ2) is 11.7. The van der Waals surface area contributed by atoms with Crippen LogP contribution in [0.25, 0.3) is 0 Å². The van der Waals surface area contributed by atoms with Crippen LogP contribution in [0, 0.1) is 11.6 Å². The topological polar surface area (TPSA) is 42.9 Å². The third-order valence-electron chi connectivity index (χ3n) is 4.46. The van der Waals surface area contributed by atoms with Gasteiger partial charge in [-0.1, -0.05) is 0 Å². The molecule has 1 fully saturated rings. The lowest BCUT2D eigenvalue weighted by Crippen LogP contribution is -2.45. The predicted molar refractivity (Wildman–Crippen MR) is 115 cm³/mol. The van der Waals surface area contributed by atoms with Gasteiger partial charge < -0.3 is 15.5 Å². The summed E-state index contributed by atoms with van der Waals surface area (Å²) in [5.41, 5.74) is 0.362. The van der Waals surface area contributed by atoms with Crippen molar-refractivity contribution in [3.8, 4) is 0 Å². The zero-order chi connectivity index (χ0) is 20.7. The number of benzene rings is 1. The minimum atomic E-state index is -4.20. The summed E-state index contributed by atoms with van der Waals surface area (Å²) in [6, 6.07) is 3.56. The summed E-state index contributed by atoms with van der Waals surface area (Å²) in [5, 5.41) is 6.31. The van der Waals surface area contributed by atoms with Crippen LogP contribution in [0.1, 0.15) is 12.8 Å². The van der Waals surface area contributed by atoms with Gasteiger partial charge in [0.15, 0.2) is 5.96 Å². The molecule has 5 nitrogen and oxygen atoms in total. The number of anilines is 1. The van der Waals surface area contributed by atoms with Crippen LogP contribution in [0.3, 0.4) is 0 Å². The number of nitrogens with one attached hydrogen (secondary N) is 2. The van der Waals surface area contributed by atoms with Crippen LogP contribution in [-0.4, -0.2) is 69.9 Å². The number of alkyl halides is 3. The molecule has 1 aliphatic heterocycles. The molecule has 0 aromatic heterocycles. The predicted octanol–water partition coefficient (Wildman–Crippen LogP) is 3.21. The van der Waals surface area contributed by atoms with E-state index in [0.717, 1.165) is 12.5 Å². The molecule has 2 rings (SSSR count). The van der Waals surface area contributed by atoms with Crippen molar-refractivity contribution in [3.63, 3.8) is 0 Å². The average Bonchev–Trinajstić information content (AvgIpc) is 3.04. The van der Waals surface area contributed by atoms with Crippen molar-refractivity contribution in [3.05, 3.63) is 29.8 Å². The number of rotatable bonds is 7. The number of nitrogens with zero attached hydrogens (tertiary/aromatic N) is 3. The summed E-state index contributed by atoms with van der Waals surface area (Å²) >= 11 is 0. The van der Waals surface area contributed by atoms with Crippen molar-refractivity contribution < 1.29 is 22.0 Å². The number of aliphatic imine (C=N–C) groups is 1. The second-order valence-electron chi connectivity index (χ2n) is 6.88. The van der Waals surface area contributed by atoms with Crippen molar-refractivity contribution >= 4 is 35.6 Å². The zero-order valence-electron chi connectivity index (χ0n) is 16.4. The highest BCUT2D eigenvalue weighted by Gasteiger charge is 2.29. The lowest BCUT2D eigenvalue weighted by molar-refractivity contribution is -0.143. The average molecular weight is 535 g/mol. The van der Waals surface area contributed by atoms with Crippen molar-refractivity contribution in [2.45, 2.75) is 25.1 Å². The first-order valence-electron chi connectivity index (χ1n) is 9.10. The quantitative estimate of drug-likeness (QED) is 0.185. The highest BCUT2D eigenvalue weighted by molar-refractivity contribution is 14.0. The van der Waals surface area contributed by atoms with E-state index in [-0.39, 0.29) is 30.0 Å². The second-order valence-corrected chi connectivity index (χ2v) is 6.88. The third-order valence-corrected chi connectivity index (χ3v) is 4.46. The Bertz CT molecular complexity index is 671. The van der Waals surface area contributed by atoms with Crippen molar-refractivity contribution in [1.29, 1.82) is 0 Å². The molecule has 29 heavy (non-hydrogen) atoms. The SMILES string of the molecule is CN=C(NCCCN(C)CC(F)(F)F)NC1CCN(c2ccc(F)cc2F)C1.I. The maximum atomic E-state index is 13.9. The molecular formula is C18H27F5IN5. The highest BCUT2D eigenvalue weighted by atomic mass is 127. The Morgan fingerprint density at radius 3 is 2.66 bits per heavy atom. The molecule has 1 saturated heterocycles. The third kappa shape index (κ3) is 8.89. The minimum absolute atomic E-state index is 0. The van der Waals surface area contributed by atoms with Gasteiger partial charge in [-0.25, -0.2) is 8.78 Å². The minimum Gasteiger partial charge on any atom is -0.367 e. The Kier molecular flexibility index (Phi) is 10.4. The summed E-state index contributed by atoms with van der Waals surface area (Å²) in [6.07, 6.45) is -2.91. The number of guanidine groups is 1. The van der Waals surface area contributed by atoms with Gasteiger partial charge in [0.25, 0.3) is 0 Å². The molecule has 166 valence electrons. The summed E-state index contributed by atoms with van der Waals surface area (Å²) in [7, 11) is 3.04. The number of halogens is 6. The molecule has 0 saturated carbocycles. The van der Waals surface area contributed by atoms with Gasteiger partial charge >= 0.3 is 6.18 Å². The van der Waals surface area contributed by atoms with E-state index in [4.69, 9.17) is 0 Å². The maximum Gasteiger partial charge on any atom is 0.401 e. The van der Waals surface area contributed by atoms with Gasteiger partial charge in [0.05, 0.1) is 12.2 Å². The van der Waals surface area contributed by atoms with Gasteiger partial charge in [0.1, 0.15) is 11.6 Å². The summed E-state index contributed by atoms with van der Waals surface area (Å²) in [4.78, 5) is 7.18. The van der Waals surface area contributed by atoms with Crippen LogP contribution >= 0.6 is 24.0 Å². The van der Waals surface area contributed by atoms with E-state index in [2.05, 4.69) is 15.6 Å². The van der Waals surface area contributed by atoms with Gasteiger partial charge in [-0.3, -0.25) is 9.89 Å². The van der Waals surface area contributed by atoms with E-state index in [0.29, 0.717) is 44.2 Å². The van der Waals surface area contributed by atoms with E-state index in [9.17, 15) is 22.0 Å². The smallest absolute Gasteiger partial charge is 0.367 e. The van der Waals surface area contributed by atoms with Gasteiger partial charge in [-0.05, 0) is 38.6 Å². The molecule has 0 aliphatic carbocycles. The fourth-order valence-corrected chi connectivity index (χ4v) is 3.16. The van der Waals surface area contributed by atoms with Gasteiger partial charge in [-0.2, -0.15) is 13.2 Å². The van der Waals surface area contributed by atoms with E-state index in [1.807, 2.05) is 4.90 Å². The molecule has 0 spiro atoms. The summed E-state index contributed by atoms with van der Waals surface area (Å²) in [6.45, 7) is 1.02. The lowest BCUT2D eigenvalue weighted by Gasteiger charge is -2.21. The molecule has 11 heteroatoms. The van der Waals surface area contributed by atoms with Crippen LogP contribution in [0.5, 0.6) is 0 Å². The summed E-state index contributed by atoms with van der Waals surface area (Å²) < 4.78 is 63.8. The normalized spacial score (nSPS) is 17.4. The molecule has 0 amide bonds. The van der Waals surface area contributed by atoms with E-state index < -0.39 is 24.4 Å². The maximum absolute atomic E-state index is 13.9.